The smallest absolute Gasteiger partial charge is 0.308 e. The molecule has 3 atom stereocenters. The number of halogens is 2. The van der Waals surface area contributed by atoms with Crippen molar-refractivity contribution in [3.8, 4) is 0 Å². The second kappa shape index (κ2) is 7.34. The van der Waals surface area contributed by atoms with Crippen molar-refractivity contribution >= 4 is 35.1 Å². The normalized spacial score (nSPS) is 21.2. The molecular formula is C16H19Cl2NO3. The second-order valence-corrected chi connectivity index (χ2v) is 6.45. The highest BCUT2D eigenvalue weighted by molar-refractivity contribution is 6.42. The van der Waals surface area contributed by atoms with Crippen LogP contribution in [0.1, 0.15) is 37.7 Å². The van der Waals surface area contributed by atoms with E-state index < -0.39 is 11.9 Å². The van der Waals surface area contributed by atoms with Crippen LogP contribution in [0.3, 0.4) is 0 Å². The first-order valence-corrected chi connectivity index (χ1v) is 8.15. The van der Waals surface area contributed by atoms with Gasteiger partial charge in [-0.15, -0.1) is 0 Å². The summed E-state index contributed by atoms with van der Waals surface area (Å²) in [6, 6.07) is 5.41. The Bertz CT molecular complexity index is 577. The molecule has 1 aliphatic carbocycles. The van der Waals surface area contributed by atoms with Gasteiger partial charge in [0, 0.05) is 12.5 Å². The highest BCUT2D eigenvalue weighted by Gasteiger charge is 2.45. The standard InChI is InChI=1S/C16H19Cl2NO3/c1-2-4-9(16(21)22)8-19-15(20)12-7-11(12)10-5-3-6-13(17)14(10)18/h3,5-6,9,11-12H,2,4,7-8H2,1H3,(H,19,20)(H,21,22). The van der Waals surface area contributed by atoms with Crippen LogP contribution in [0.2, 0.25) is 10.0 Å². The molecule has 0 aromatic heterocycles. The highest BCUT2D eigenvalue weighted by Crippen LogP contribution is 2.50. The van der Waals surface area contributed by atoms with E-state index in [1.807, 2.05) is 19.1 Å². The van der Waals surface area contributed by atoms with E-state index in [1.165, 1.54) is 0 Å². The molecule has 0 heterocycles. The number of rotatable bonds is 7. The monoisotopic (exact) mass is 343 g/mol. The number of carboxylic acid groups (broad SMARTS) is 1. The summed E-state index contributed by atoms with van der Waals surface area (Å²) in [4.78, 5) is 23.2. The lowest BCUT2D eigenvalue weighted by Crippen LogP contribution is -2.34. The van der Waals surface area contributed by atoms with Crippen LogP contribution in [-0.4, -0.2) is 23.5 Å². The number of benzene rings is 1. The molecule has 1 saturated carbocycles. The van der Waals surface area contributed by atoms with E-state index in [1.54, 1.807) is 6.07 Å². The van der Waals surface area contributed by atoms with Crippen molar-refractivity contribution in [3.05, 3.63) is 33.8 Å². The third-order valence-corrected chi connectivity index (χ3v) is 4.85. The summed E-state index contributed by atoms with van der Waals surface area (Å²) in [5.41, 5.74) is 0.887. The summed E-state index contributed by atoms with van der Waals surface area (Å²) in [5.74, 6) is -1.58. The van der Waals surface area contributed by atoms with Crippen LogP contribution >= 0.6 is 23.2 Å². The fraction of sp³-hybridized carbons (Fsp3) is 0.500. The van der Waals surface area contributed by atoms with Crippen molar-refractivity contribution in [1.82, 2.24) is 5.32 Å². The van der Waals surface area contributed by atoms with Crippen molar-refractivity contribution in [3.63, 3.8) is 0 Å². The van der Waals surface area contributed by atoms with Crippen molar-refractivity contribution in [1.29, 1.82) is 0 Å². The Morgan fingerprint density at radius 2 is 2.14 bits per heavy atom. The maximum atomic E-state index is 12.1. The molecule has 1 amide bonds. The minimum absolute atomic E-state index is 0.0700. The van der Waals surface area contributed by atoms with E-state index in [9.17, 15) is 9.59 Å². The zero-order valence-corrected chi connectivity index (χ0v) is 13.8. The summed E-state index contributed by atoms with van der Waals surface area (Å²) in [7, 11) is 0. The zero-order chi connectivity index (χ0) is 16.3. The molecule has 22 heavy (non-hydrogen) atoms. The summed E-state index contributed by atoms with van der Waals surface area (Å²) in [5, 5.41) is 12.8. The van der Waals surface area contributed by atoms with Gasteiger partial charge in [-0.25, -0.2) is 0 Å². The molecule has 1 aliphatic rings. The number of carbonyl (C=O) groups excluding carboxylic acids is 1. The summed E-state index contributed by atoms with van der Waals surface area (Å²) < 4.78 is 0. The fourth-order valence-corrected chi connectivity index (χ4v) is 3.10. The molecule has 1 fully saturated rings. The molecule has 0 bridgehead atoms. The number of carboxylic acids is 1. The molecule has 3 unspecified atom stereocenters. The Kier molecular flexibility index (Phi) is 5.70. The fourth-order valence-electron chi connectivity index (χ4n) is 2.65. The molecule has 4 nitrogen and oxygen atoms in total. The van der Waals surface area contributed by atoms with E-state index in [4.69, 9.17) is 28.3 Å². The van der Waals surface area contributed by atoms with Crippen LogP contribution in [0.4, 0.5) is 0 Å². The largest absolute Gasteiger partial charge is 0.481 e. The topological polar surface area (TPSA) is 66.4 Å². The quantitative estimate of drug-likeness (QED) is 0.792. The molecular weight excluding hydrogens is 325 g/mol. The number of aliphatic carboxylic acids is 1. The van der Waals surface area contributed by atoms with Gasteiger partial charge in [-0.3, -0.25) is 9.59 Å². The number of hydrogen-bond donors (Lipinski definition) is 2. The van der Waals surface area contributed by atoms with Crippen molar-refractivity contribution in [2.75, 3.05) is 6.54 Å². The van der Waals surface area contributed by atoms with Gasteiger partial charge in [0.05, 0.1) is 16.0 Å². The first-order valence-electron chi connectivity index (χ1n) is 7.40. The Morgan fingerprint density at radius 1 is 1.41 bits per heavy atom. The van der Waals surface area contributed by atoms with Gasteiger partial charge in [0.25, 0.3) is 0 Å². The summed E-state index contributed by atoms with van der Waals surface area (Å²) in [6.45, 7) is 2.10. The Balaban J connectivity index is 1.91. The zero-order valence-electron chi connectivity index (χ0n) is 12.3. The van der Waals surface area contributed by atoms with E-state index in [0.717, 1.165) is 18.4 Å². The number of carbonyl (C=O) groups is 2. The maximum Gasteiger partial charge on any atom is 0.308 e. The third kappa shape index (κ3) is 3.93. The van der Waals surface area contributed by atoms with Crippen LogP contribution in [0.25, 0.3) is 0 Å². The number of nitrogens with one attached hydrogen (secondary N) is 1. The average molecular weight is 344 g/mol. The van der Waals surface area contributed by atoms with Gasteiger partial charge in [0.15, 0.2) is 0 Å². The van der Waals surface area contributed by atoms with Gasteiger partial charge in [0.1, 0.15) is 0 Å². The van der Waals surface area contributed by atoms with E-state index >= 15 is 0 Å². The van der Waals surface area contributed by atoms with Crippen LogP contribution in [0.5, 0.6) is 0 Å². The molecule has 1 aromatic rings. The minimum atomic E-state index is -0.868. The van der Waals surface area contributed by atoms with Gasteiger partial charge in [0.2, 0.25) is 5.91 Å². The predicted molar refractivity (Wildman–Crippen MR) is 86.4 cm³/mol. The molecule has 0 aliphatic heterocycles. The lowest BCUT2D eigenvalue weighted by Gasteiger charge is -2.12. The lowest BCUT2D eigenvalue weighted by atomic mass is 10.0. The molecule has 120 valence electrons. The van der Waals surface area contributed by atoms with Crippen LogP contribution in [0, 0.1) is 11.8 Å². The van der Waals surface area contributed by atoms with E-state index in [0.29, 0.717) is 16.5 Å². The first kappa shape index (κ1) is 17.1. The van der Waals surface area contributed by atoms with E-state index in [-0.39, 0.29) is 24.3 Å². The van der Waals surface area contributed by atoms with E-state index in [2.05, 4.69) is 5.32 Å². The number of hydrogen-bond acceptors (Lipinski definition) is 2. The highest BCUT2D eigenvalue weighted by atomic mass is 35.5. The summed E-state index contributed by atoms with van der Waals surface area (Å²) >= 11 is 12.2. The Morgan fingerprint density at radius 3 is 2.77 bits per heavy atom. The van der Waals surface area contributed by atoms with Gasteiger partial charge >= 0.3 is 5.97 Å². The molecule has 2 rings (SSSR count). The number of amides is 1. The van der Waals surface area contributed by atoms with Gasteiger partial charge in [-0.05, 0) is 30.4 Å². The van der Waals surface area contributed by atoms with Gasteiger partial charge in [-0.1, -0.05) is 48.7 Å². The lowest BCUT2D eigenvalue weighted by molar-refractivity contribution is -0.142. The molecule has 6 heteroatoms. The van der Waals surface area contributed by atoms with Gasteiger partial charge < -0.3 is 10.4 Å². The SMILES string of the molecule is CCCC(CNC(=O)C1CC1c1cccc(Cl)c1Cl)C(=O)O. The first-order chi connectivity index (χ1) is 10.5. The van der Waals surface area contributed by atoms with Crippen molar-refractivity contribution < 1.29 is 14.7 Å². The molecule has 2 N–H and O–H groups in total. The Labute approximate surface area is 139 Å². The average Bonchev–Trinajstić information content (AvgIpc) is 3.26. The van der Waals surface area contributed by atoms with Crippen LogP contribution in [-0.2, 0) is 9.59 Å². The van der Waals surface area contributed by atoms with Crippen LogP contribution in [0.15, 0.2) is 18.2 Å². The van der Waals surface area contributed by atoms with Crippen LogP contribution < -0.4 is 5.32 Å². The summed E-state index contributed by atoms with van der Waals surface area (Å²) in [6.07, 6.45) is 2.05. The predicted octanol–water partition coefficient (Wildman–Crippen LogP) is 3.71. The minimum Gasteiger partial charge on any atom is -0.481 e. The second-order valence-electron chi connectivity index (χ2n) is 5.66. The van der Waals surface area contributed by atoms with Gasteiger partial charge in [-0.2, -0.15) is 0 Å². The molecule has 0 saturated heterocycles. The molecule has 1 aromatic carbocycles. The third-order valence-electron chi connectivity index (χ3n) is 4.02. The van der Waals surface area contributed by atoms with Crippen molar-refractivity contribution in [2.24, 2.45) is 11.8 Å². The molecule has 0 radical (unpaired) electrons. The molecule has 0 spiro atoms. The van der Waals surface area contributed by atoms with Crippen molar-refractivity contribution in [2.45, 2.75) is 32.1 Å². The Hall–Kier alpha value is -1.26. The maximum absolute atomic E-state index is 12.1.